The molecule has 1 heterocycles. The Labute approximate surface area is 120 Å². The molecule has 0 bridgehead atoms. The van der Waals surface area contributed by atoms with Crippen LogP contribution < -0.4 is 5.73 Å². The minimum Gasteiger partial charge on any atom is -0.383 e. The molecule has 5 heteroatoms. The number of rotatable bonds is 3. The van der Waals surface area contributed by atoms with Gasteiger partial charge in [0, 0.05) is 12.7 Å². The van der Waals surface area contributed by atoms with Crippen LogP contribution in [0.2, 0.25) is 0 Å². The van der Waals surface area contributed by atoms with Gasteiger partial charge in [0.1, 0.15) is 5.82 Å². The molecule has 0 atom stereocenters. The summed E-state index contributed by atoms with van der Waals surface area (Å²) >= 11 is 2.16. The van der Waals surface area contributed by atoms with E-state index >= 15 is 0 Å². The second-order valence-corrected chi connectivity index (χ2v) is 5.00. The molecule has 0 fully saturated rings. The maximum Gasteiger partial charge on any atom is 0.162 e. The van der Waals surface area contributed by atoms with E-state index < -0.39 is 0 Å². The van der Waals surface area contributed by atoms with Crippen LogP contribution in [0.5, 0.6) is 0 Å². The number of ether oxygens (including phenoxy) is 1. The van der Waals surface area contributed by atoms with Crippen molar-refractivity contribution >= 4 is 28.4 Å². The third-order valence-corrected chi connectivity index (χ3v) is 3.93. The molecule has 94 valence electrons. The fraction of sp³-hybridized carbons (Fsp3) is 0.231. The van der Waals surface area contributed by atoms with Crippen molar-refractivity contribution < 1.29 is 4.74 Å². The fourth-order valence-corrected chi connectivity index (χ4v) is 1.96. The van der Waals surface area contributed by atoms with Crippen LogP contribution >= 0.6 is 22.6 Å². The van der Waals surface area contributed by atoms with Gasteiger partial charge in [-0.15, -0.1) is 0 Å². The van der Waals surface area contributed by atoms with Gasteiger partial charge in [0.05, 0.1) is 15.9 Å². The van der Waals surface area contributed by atoms with Gasteiger partial charge >= 0.3 is 0 Å². The van der Waals surface area contributed by atoms with Crippen molar-refractivity contribution in [3.05, 3.63) is 39.1 Å². The zero-order valence-corrected chi connectivity index (χ0v) is 12.4. The number of methoxy groups -OCH3 is 1. The summed E-state index contributed by atoms with van der Waals surface area (Å²) in [5.74, 6) is 1.17. The van der Waals surface area contributed by atoms with E-state index in [4.69, 9.17) is 10.5 Å². The molecule has 0 saturated heterocycles. The summed E-state index contributed by atoms with van der Waals surface area (Å²) in [5.41, 5.74) is 8.81. The lowest BCUT2D eigenvalue weighted by molar-refractivity contribution is 0.185. The Kier molecular flexibility index (Phi) is 4.13. The van der Waals surface area contributed by atoms with E-state index in [0.29, 0.717) is 18.2 Å². The van der Waals surface area contributed by atoms with Gasteiger partial charge in [-0.1, -0.05) is 24.3 Å². The zero-order chi connectivity index (χ0) is 13.1. The Morgan fingerprint density at radius 2 is 2.00 bits per heavy atom. The van der Waals surface area contributed by atoms with Crippen LogP contribution in [0.3, 0.4) is 0 Å². The summed E-state index contributed by atoms with van der Waals surface area (Å²) in [7, 11) is 1.67. The molecule has 0 aliphatic carbocycles. The molecule has 2 N–H and O–H groups in total. The van der Waals surface area contributed by atoms with Crippen LogP contribution in [-0.2, 0) is 11.3 Å². The van der Waals surface area contributed by atoms with Crippen LogP contribution in [-0.4, -0.2) is 17.1 Å². The van der Waals surface area contributed by atoms with Crippen molar-refractivity contribution in [1.29, 1.82) is 0 Å². The summed E-state index contributed by atoms with van der Waals surface area (Å²) in [6.45, 7) is 2.46. The molecular weight excluding hydrogens is 341 g/mol. The van der Waals surface area contributed by atoms with Crippen molar-refractivity contribution in [3.8, 4) is 11.4 Å². The van der Waals surface area contributed by atoms with Crippen LogP contribution in [0, 0.1) is 10.5 Å². The average Bonchev–Trinajstić information content (AvgIpc) is 2.36. The van der Waals surface area contributed by atoms with Gasteiger partial charge in [0.25, 0.3) is 0 Å². The number of benzene rings is 1. The third-order valence-electron chi connectivity index (χ3n) is 2.60. The quantitative estimate of drug-likeness (QED) is 0.861. The standard InChI is InChI=1S/C13H14IN3O/c1-8-11(14)12(15)17-13(16-8)10-6-4-3-5-9(10)7-18-2/h3-6H,7H2,1-2H3,(H2,15,16,17). The topological polar surface area (TPSA) is 61.0 Å². The first-order valence-electron chi connectivity index (χ1n) is 5.50. The molecule has 0 radical (unpaired) electrons. The fourth-order valence-electron chi connectivity index (χ4n) is 1.72. The molecule has 0 aliphatic rings. The molecule has 0 amide bonds. The summed E-state index contributed by atoms with van der Waals surface area (Å²) in [6.07, 6.45) is 0. The lowest BCUT2D eigenvalue weighted by Gasteiger charge is -2.10. The van der Waals surface area contributed by atoms with E-state index in [0.717, 1.165) is 20.4 Å². The van der Waals surface area contributed by atoms with Gasteiger partial charge in [0.15, 0.2) is 5.82 Å². The summed E-state index contributed by atoms with van der Waals surface area (Å²) in [4.78, 5) is 8.84. The molecular formula is C13H14IN3O. The smallest absolute Gasteiger partial charge is 0.162 e. The third kappa shape index (κ3) is 2.62. The number of nitrogens with two attached hydrogens (primary N) is 1. The van der Waals surface area contributed by atoms with Crippen molar-refractivity contribution in [2.24, 2.45) is 0 Å². The molecule has 4 nitrogen and oxygen atoms in total. The maximum atomic E-state index is 5.89. The largest absolute Gasteiger partial charge is 0.383 e. The van der Waals surface area contributed by atoms with Gasteiger partial charge in [-0.25, -0.2) is 9.97 Å². The summed E-state index contributed by atoms with van der Waals surface area (Å²) < 4.78 is 6.09. The molecule has 0 saturated carbocycles. The number of nitrogens with zero attached hydrogens (tertiary/aromatic N) is 2. The van der Waals surface area contributed by atoms with Crippen molar-refractivity contribution in [2.45, 2.75) is 13.5 Å². The minimum absolute atomic E-state index is 0.519. The van der Waals surface area contributed by atoms with Crippen molar-refractivity contribution in [3.63, 3.8) is 0 Å². The monoisotopic (exact) mass is 355 g/mol. The van der Waals surface area contributed by atoms with Gasteiger partial charge in [-0.2, -0.15) is 0 Å². The normalized spacial score (nSPS) is 10.6. The highest BCUT2D eigenvalue weighted by atomic mass is 127. The van der Waals surface area contributed by atoms with Gasteiger partial charge in [-0.05, 0) is 35.1 Å². The minimum atomic E-state index is 0.519. The Bertz CT molecular complexity index is 549. The molecule has 1 aromatic carbocycles. The number of hydrogen-bond donors (Lipinski definition) is 1. The number of aromatic nitrogens is 2. The first-order valence-corrected chi connectivity index (χ1v) is 6.58. The van der Waals surface area contributed by atoms with Gasteiger partial charge in [0.2, 0.25) is 0 Å². The molecule has 0 aliphatic heterocycles. The Morgan fingerprint density at radius 1 is 1.28 bits per heavy atom. The molecule has 2 aromatic rings. The van der Waals surface area contributed by atoms with Crippen molar-refractivity contribution in [1.82, 2.24) is 9.97 Å². The Hall–Kier alpha value is -1.21. The number of aryl methyl sites for hydroxylation is 1. The van der Waals surface area contributed by atoms with E-state index in [9.17, 15) is 0 Å². The van der Waals surface area contributed by atoms with Crippen LogP contribution in [0.25, 0.3) is 11.4 Å². The first-order chi connectivity index (χ1) is 8.63. The van der Waals surface area contributed by atoms with Crippen LogP contribution in [0.4, 0.5) is 5.82 Å². The summed E-state index contributed by atoms with van der Waals surface area (Å²) in [5, 5.41) is 0. The molecule has 0 spiro atoms. The number of nitrogen functional groups attached to an aromatic ring is 1. The highest BCUT2D eigenvalue weighted by Gasteiger charge is 2.11. The molecule has 2 rings (SSSR count). The van der Waals surface area contributed by atoms with Crippen LogP contribution in [0.15, 0.2) is 24.3 Å². The van der Waals surface area contributed by atoms with E-state index in [1.54, 1.807) is 7.11 Å². The predicted octanol–water partition coefficient (Wildman–Crippen LogP) is 2.79. The number of hydrogen-bond acceptors (Lipinski definition) is 4. The van der Waals surface area contributed by atoms with E-state index in [1.165, 1.54) is 0 Å². The second kappa shape index (κ2) is 5.62. The molecule has 1 aromatic heterocycles. The van der Waals surface area contributed by atoms with E-state index in [-0.39, 0.29) is 0 Å². The van der Waals surface area contributed by atoms with Gasteiger partial charge < -0.3 is 10.5 Å². The molecule has 18 heavy (non-hydrogen) atoms. The summed E-state index contributed by atoms with van der Waals surface area (Å²) in [6, 6.07) is 7.92. The lowest BCUT2D eigenvalue weighted by atomic mass is 10.1. The maximum absolute atomic E-state index is 5.89. The number of anilines is 1. The van der Waals surface area contributed by atoms with Crippen molar-refractivity contribution in [2.75, 3.05) is 12.8 Å². The van der Waals surface area contributed by atoms with Gasteiger partial charge in [-0.3, -0.25) is 0 Å². The first kappa shape index (κ1) is 13.2. The number of halogens is 1. The lowest BCUT2D eigenvalue weighted by Crippen LogP contribution is -2.03. The highest BCUT2D eigenvalue weighted by Crippen LogP contribution is 2.24. The van der Waals surface area contributed by atoms with Crippen LogP contribution in [0.1, 0.15) is 11.3 Å². The SMILES string of the molecule is COCc1ccccc1-c1nc(C)c(I)c(N)n1. The van der Waals surface area contributed by atoms with E-state index in [2.05, 4.69) is 32.6 Å². The predicted molar refractivity (Wildman–Crippen MR) is 80.0 cm³/mol. The average molecular weight is 355 g/mol. The highest BCUT2D eigenvalue weighted by molar-refractivity contribution is 14.1. The zero-order valence-electron chi connectivity index (χ0n) is 10.3. The Balaban J connectivity index is 2.55. The Morgan fingerprint density at radius 3 is 2.67 bits per heavy atom. The molecule has 0 unspecified atom stereocenters. The second-order valence-electron chi connectivity index (χ2n) is 3.92. The van der Waals surface area contributed by atoms with E-state index in [1.807, 2.05) is 31.2 Å².